The SMILES string of the molecule is C[C@H]1OC(=O)[C@@H]2C[C@@H]3CCCC[C@H]3[C@H](/C=C/c3ccc(Cc4ccccc4)cn3)[C@H]12. The molecule has 6 atom stereocenters. The van der Waals surface area contributed by atoms with Crippen LogP contribution in [0.4, 0.5) is 0 Å². The summed E-state index contributed by atoms with van der Waals surface area (Å²) in [6.45, 7) is 2.09. The van der Waals surface area contributed by atoms with Crippen LogP contribution in [0.5, 0.6) is 0 Å². The maximum atomic E-state index is 12.4. The third-order valence-electron chi connectivity index (χ3n) is 7.66. The van der Waals surface area contributed by atoms with Crippen LogP contribution in [-0.2, 0) is 16.0 Å². The first-order chi connectivity index (χ1) is 14.7. The monoisotopic (exact) mass is 401 g/mol. The highest BCUT2D eigenvalue weighted by Crippen LogP contribution is 2.53. The molecule has 2 heterocycles. The molecule has 1 aromatic heterocycles. The third-order valence-corrected chi connectivity index (χ3v) is 7.66. The fourth-order valence-electron chi connectivity index (χ4n) is 6.27. The molecule has 1 aliphatic heterocycles. The van der Waals surface area contributed by atoms with Gasteiger partial charge in [-0.25, -0.2) is 0 Å². The van der Waals surface area contributed by atoms with E-state index < -0.39 is 0 Å². The number of rotatable bonds is 4. The molecule has 0 radical (unpaired) electrons. The van der Waals surface area contributed by atoms with Crippen molar-refractivity contribution in [3.8, 4) is 0 Å². The fourth-order valence-corrected chi connectivity index (χ4v) is 6.27. The van der Waals surface area contributed by atoms with Crippen LogP contribution >= 0.6 is 0 Å². The van der Waals surface area contributed by atoms with E-state index in [-0.39, 0.29) is 18.0 Å². The van der Waals surface area contributed by atoms with E-state index in [4.69, 9.17) is 9.72 Å². The quantitative estimate of drug-likeness (QED) is 0.618. The minimum Gasteiger partial charge on any atom is -0.462 e. The van der Waals surface area contributed by atoms with Crippen molar-refractivity contribution in [2.24, 2.45) is 29.6 Å². The zero-order valence-electron chi connectivity index (χ0n) is 17.7. The van der Waals surface area contributed by atoms with E-state index in [9.17, 15) is 4.79 Å². The van der Waals surface area contributed by atoms with Crippen molar-refractivity contribution in [3.63, 3.8) is 0 Å². The van der Waals surface area contributed by atoms with Crippen LogP contribution in [0, 0.1) is 29.6 Å². The number of carbonyl (C=O) groups is 1. The number of nitrogens with zero attached hydrogens (tertiary/aromatic N) is 1. The van der Waals surface area contributed by atoms with E-state index in [2.05, 4.69) is 55.5 Å². The van der Waals surface area contributed by atoms with Gasteiger partial charge in [-0.2, -0.15) is 0 Å². The average Bonchev–Trinajstić information content (AvgIpc) is 3.06. The van der Waals surface area contributed by atoms with Gasteiger partial charge < -0.3 is 4.74 Å². The highest BCUT2D eigenvalue weighted by molar-refractivity contribution is 5.75. The second kappa shape index (κ2) is 8.37. The lowest BCUT2D eigenvalue weighted by atomic mass is 9.57. The first kappa shape index (κ1) is 19.5. The molecule has 0 amide bonds. The maximum Gasteiger partial charge on any atom is 0.309 e. The number of pyridine rings is 1. The molecular weight excluding hydrogens is 370 g/mol. The molecule has 1 aromatic carbocycles. The van der Waals surface area contributed by atoms with E-state index in [0.29, 0.717) is 23.7 Å². The van der Waals surface area contributed by atoms with Crippen molar-refractivity contribution in [3.05, 3.63) is 71.6 Å². The van der Waals surface area contributed by atoms with E-state index in [0.717, 1.165) is 18.5 Å². The van der Waals surface area contributed by atoms with Crippen LogP contribution in [0.1, 0.15) is 55.8 Å². The number of ether oxygens (including phenoxy) is 1. The van der Waals surface area contributed by atoms with E-state index in [1.54, 1.807) is 0 Å². The smallest absolute Gasteiger partial charge is 0.309 e. The molecule has 3 nitrogen and oxygen atoms in total. The number of hydrogen-bond donors (Lipinski definition) is 0. The summed E-state index contributed by atoms with van der Waals surface area (Å²) >= 11 is 0. The van der Waals surface area contributed by atoms with Crippen molar-refractivity contribution in [2.45, 2.75) is 51.6 Å². The van der Waals surface area contributed by atoms with Crippen LogP contribution in [0.3, 0.4) is 0 Å². The Morgan fingerprint density at radius 3 is 2.70 bits per heavy atom. The van der Waals surface area contributed by atoms with Crippen LogP contribution in [0.2, 0.25) is 0 Å². The second-order valence-electron chi connectivity index (χ2n) is 9.46. The third kappa shape index (κ3) is 3.82. The predicted molar refractivity (Wildman–Crippen MR) is 119 cm³/mol. The highest BCUT2D eigenvalue weighted by Gasteiger charge is 2.53. The number of esters is 1. The molecule has 2 aliphatic carbocycles. The molecule has 3 fully saturated rings. The Balaban J connectivity index is 1.34. The van der Waals surface area contributed by atoms with Crippen LogP contribution in [0.15, 0.2) is 54.7 Å². The molecule has 2 saturated carbocycles. The van der Waals surface area contributed by atoms with Gasteiger partial charge in [-0.3, -0.25) is 9.78 Å². The van der Waals surface area contributed by atoms with Gasteiger partial charge in [-0.15, -0.1) is 0 Å². The van der Waals surface area contributed by atoms with Gasteiger partial charge in [-0.05, 0) is 67.2 Å². The number of aromatic nitrogens is 1. The van der Waals surface area contributed by atoms with E-state index in [1.165, 1.54) is 36.8 Å². The molecule has 1 saturated heterocycles. The number of cyclic esters (lactones) is 1. The normalized spacial score (nSPS) is 33.2. The van der Waals surface area contributed by atoms with Crippen LogP contribution < -0.4 is 0 Å². The largest absolute Gasteiger partial charge is 0.462 e. The molecular formula is C27H31NO2. The molecule has 3 heteroatoms. The van der Waals surface area contributed by atoms with Gasteiger partial charge in [0, 0.05) is 12.1 Å². The minimum atomic E-state index is 0.0289. The number of benzene rings is 1. The Morgan fingerprint density at radius 1 is 1.07 bits per heavy atom. The first-order valence-electron chi connectivity index (χ1n) is 11.6. The molecule has 156 valence electrons. The standard InChI is InChI=1S/C27H31NO2/c1-18-26-24(23-10-6-5-9-21(23)16-25(26)27(29)30-18)14-13-22-12-11-20(17-28-22)15-19-7-3-2-4-8-19/h2-4,7-8,11-14,17-18,21,23-26H,5-6,9-10,15-16H2,1H3/b14-13+/t18-,21+,23-,24+,25-,26+/m1/s1. The summed E-state index contributed by atoms with van der Waals surface area (Å²) in [7, 11) is 0. The molecule has 0 bridgehead atoms. The molecule has 30 heavy (non-hydrogen) atoms. The van der Waals surface area contributed by atoms with Crippen molar-refractivity contribution < 1.29 is 9.53 Å². The number of carbonyl (C=O) groups excluding carboxylic acids is 1. The summed E-state index contributed by atoms with van der Waals surface area (Å²) in [5, 5.41) is 0. The fraction of sp³-hybridized carbons (Fsp3) is 0.481. The Hall–Kier alpha value is -2.42. The lowest BCUT2D eigenvalue weighted by Crippen LogP contribution is -2.42. The van der Waals surface area contributed by atoms with Gasteiger partial charge in [0.1, 0.15) is 6.10 Å². The van der Waals surface area contributed by atoms with Gasteiger partial charge in [0.2, 0.25) is 0 Å². The second-order valence-corrected chi connectivity index (χ2v) is 9.46. The molecule has 0 N–H and O–H groups in total. The molecule has 2 aromatic rings. The van der Waals surface area contributed by atoms with Crippen molar-refractivity contribution in [1.82, 2.24) is 4.98 Å². The minimum absolute atomic E-state index is 0.0289. The Labute approximate surface area is 179 Å². The van der Waals surface area contributed by atoms with Gasteiger partial charge in [0.15, 0.2) is 0 Å². The Morgan fingerprint density at radius 2 is 1.90 bits per heavy atom. The highest BCUT2D eigenvalue weighted by atomic mass is 16.6. The van der Waals surface area contributed by atoms with Gasteiger partial charge in [0.25, 0.3) is 0 Å². The van der Waals surface area contributed by atoms with E-state index >= 15 is 0 Å². The maximum absolute atomic E-state index is 12.4. The summed E-state index contributed by atoms with van der Waals surface area (Å²) in [6.07, 6.45) is 13.7. The van der Waals surface area contributed by atoms with Crippen molar-refractivity contribution in [1.29, 1.82) is 0 Å². The first-order valence-corrected chi connectivity index (χ1v) is 11.6. The topological polar surface area (TPSA) is 39.2 Å². The summed E-state index contributed by atoms with van der Waals surface area (Å²) < 4.78 is 5.68. The number of hydrogen-bond acceptors (Lipinski definition) is 3. The van der Waals surface area contributed by atoms with Crippen molar-refractivity contribution >= 4 is 12.0 Å². The average molecular weight is 402 g/mol. The molecule has 3 aliphatic rings. The van der Waals surface area contributed by atoms with Crippen LogP contribution in [0.25, 0.3) is 6.08 Å². The molecule has 0 unspecified atom stereocenters. The predicted octanol–water partition coefficient (Wildman–Crippen LogP) is 5.69. The summed E-state index contributed by atoms with van der Waals surface area (Å²) in [6, 6.07) is 14.8. The Kier molecular flexibility index (Phi) is 5.45. The van der Waals surface area contributed by atoms with Crippen LogP contribution in [-0.4, -0.2) is 17.1 Å². The van der Waals surface area contributed by atoms with Gasteiger partial charge >= 0.3 is 5.97 Å². The lowest BCUT2D eigenvalue weighted by molar-refractivity contribution is -0.144. The van der Waals surface area contributed by atoms with E-state index in [1.807, 2.05) is 12.3 Å². The molecule has 5 rings (SSSR count). The van der Waals surface area contributed by atoms with Crippen molar-refractivity contribution in [2.75, 3.05) is 0 Å². The Bertz CT molecular complexity index is 904. The zero-order valence-corrected chi connectivity index (χ0v) is 17.7. The van der Waals surface area contributed by atoms with Gasteiger partial charge in [0.05, 0.1) is 11.6 Å². The number of fused-ring (bicyclic) bond motifs is 2. The molecule has 0 spiro atoms. The zero-order chi connectivity index (χ0) is 20.5. The van der Waals surface area contributed by atoms with Gasteiger partial charge in [-0.1, -0.05) is 61.7 Å². The lowest BCUT2D eigenvalue weighted by Gasteiger charge is -2.45. The summed E-state index contributed by atoms with van der Waals surface area (Å²) in [5.41, 5.74) is 3.53. The number of allylic oxidation sites excluding steroid dienone is 1. The summed E-state index contributed by atoms with van der Waals surface area (Å²) in [5.74, 6) is 2.24. The summed E-state index contributed by atoms with van der Waals surface area (Å²) in [4.78, 5) is 17.1.